The van der Waals surface area contributed by atoms with E-state index in [1.165, 1.54) is 28.0 Å². The SMILES string of the molecule is Cc1ccc(C)n1-c1ccc(C=C2SC(=S)N(CCCC(=O)O)C2=O)cc1. The second-order valence-corrected chi connectivity index (χ2v) is 8.05. The Kier molecular flexibility index (Phi) is 5.82. The minimum Gasteiger partial charge on any atom is -0.481 e. The minimum absolute atomic E-state index is 0.0236. The van der Waals surface area contributed by atoms with Crippen LogP contribution in [0.4, 0.5) is 0 Å². The van der Waals surface area contributed by atoms with E-state index >= 15 is 0 Å². The molecule has 2 heterocycles. The summed E-state index contributed by atoms with van der Waals surface area (Å²) in [5, 5.41) is 8.74. The fourth-order valence-corrected chi connectivity index (χ4v) is 4.34. The van der Waals surface area contributed by atoms with Gasteiger partial charge in [-0.05, 0) is 56.2 Å². The summed E-state index contributed by atoms with van der Waals surface area (Å²) in [4.78, 5) is 25.2. The Balaban J connectivity index is 1.74. The average Bonchev–Trinajstić information content (AvgIpc) is 3.09. The van der Waals surface area contributed by atoms with Gasteiger partial charge in [-0.25, -0.2) is 0 Å². The smallest absolute Gasteiger partial charge is 0.303 e. The number of hydrogen-bond acceptors (Lipinski definition) is 4. The van der Waals surface area contributed by atoms with Crippen molar-refractivity contribution in [1.82, 2.24) is 9.47 Å². The maximum atomic E-state index is 12.5. The van der Waals surface area contributed by atoms with Crippen LogP contribution in [0.25, 0.3) is 11.8 Å². The van der Waals surface area contributed by atoms with Crippen LogP contribution in [0, 0.1) is 13.8 Å². The third-order valence-corrected chi connectivity index (χ3v) is 5.74. The number of thioether (sulfide) groups is 1. The van der Waals surface area contributed by atoms with E-state index in [2.05, 4.69) is 30.5 Å². The van der Waals surface area contributed by atoms with Gasteiger partial charge in [0.15, 0.2) is 0 Å². The van der Waals surface area contributed by atoms with E-state index in [-0.39, 0.29) is 12.3 Å². The Bertz CT molecular complexity index is 910. The Morgan fingerprint density at radius 1 is 1.15 bits per heavy atom. The number of aliphatic carboxylic acids is 1. The van der Waals surface area contributed by atoms with Crippen LogP contribution in [0.15, 0.2) is 41.3 Å². The van der Waals surface area contributed by atoms with Gasteiger partial charge in [-0.3, -0.25) is 14.5 Å². The fraction of sp³-hybridized carbons (Fsp3) is 0.250. The van der Waals surface area contributed by atoms with E-state index in [4.69, 9.17) is 17.3 Å². The van der Waals surface area contributed by atoms with Gasteiger partial charge in [-0.1, -0.05) is 36.1 Å². The van der Waals surface area contributed by atoms with Crippen molar-refractivity contribution in [2.75, 3.05) is 6.54 Å². The molecule has 27 heavy (non-hydrogen) atoms. The number of nitrogens with zero attached hydrogens (tertiary/aromatic N) is 2. The fourth-order valence-electron chi connectivity index (χ4n) is 3.03. The first-order valence-corrected chi connectivity index (χ1v) is 9.82. The zero-order chi connectivity index (χ0) is 19.6. The second-order valence-electron chi connectivity index (χ2n) is 6.37. The first-order chi connectivity index (χ1) is 12.9. The molecule has 140 valence electrons. The highest BCUT2D eigenvalue weighted by Crippen LogP contribution is 2.33. The molecule has 7 heteroatoms. The van der Waals surface area contributed by atoms with E-state index in [0.717, 1.165) is 11.3 Å². The third-order valence-electron chi connectivity index (χ3n) is 4.37. The van der Waals surface area contributed by atoms with E-state index in [9.17, 15) is 9.59 Å². The van der Waals surface area contributed by atoms with Gasteiger partial charge in [0.25, 0.3) is 5.91 Å². The largest absolute Gasteiger partial charge is 0.481 e. The topological polar surface area (TPSA) is 62.5 Å². The lowest BCUT2D eigenvalue weighted by atomic mass is 10.2. The van der Waals surface area contributed by atoms with Crippen molar-refractivity contribution in [1.29, 1.82) is 0 Å². The minimum atomic E-state index is -0.871. The van der Waals surface area contributed by atoms with Gasteiger partial charge in [-0.2, -0.15) is 0 Å². The van der Waals surface area contributed by atoms with Crippen molar-refractivity contribution in [3.8, 4) is 5.69 Å². The number of benzene rings is 1. The van der Waals surface area contributed by atoms with Crippen molar-refractivity contribution in [3.63, 3.8) is 0 Å². The molecule has 1 aliphatic heterocycles. The molecule has 1 fully saturated rings. The number of carbonyl (C=O) groups is 2. The number of thiocarbonyl (C=S) groups is 1. The summed E-state index contributed by atoms with van der Waals surface area (Å²) in [6.45, 7) is 4.46. The van der Waals surface area contributed by atoms with Crippen LogP contribution >= 0.6 is 24.0 Å². The highest BCUT2D eigenvalue weighted by molar-refractivity contribution is 8.26. The zero-order valence-corrected chi connectivity index (χ0v) is 16.8. The zero-order valence-electron chi connectivity index (χ0n) is 15.1. The molecular weight excluding hydrogens is 380 g/mol. The molecule has 5 nitrogen and oxygen atoms in total. The van der Waals surface area contributed by atoms with Crippen LogP contribution in [0.1, 0.15) is 29.8 Å². The molecule has 1 saturated heterocycles. The van der Waals surface area contributed by atoms with Crippen molar-refractivity contribution in [3.05, 3.63) is 58.3 Å². The van der Waals surface area contributed by atoms with E-state index in [1.54, 1.807) is 0 Å². The summed E-state index contributed by atoms with van der Waals surface area (Å²) in [5.41, 5.74) is 4.34. The quantitative estimate of drug-likeness (QED) is 0.583. The van der Waals surface area contributed by atoms with Gasteiger partial charge in [0, 0.05) is 30.0 Å². The van der Waals surface area contributed by atoms with Gasteiger partial charge in [0.1, 0.15) is 4.32 Å². The molecule has 0 unspecified atom stereocenters. The molecule has 1 aliphatic rings. The first kappa shape index (κ1) is 19.4. The monoisotopic (exact) mass is 400 g/mol. The molecule has 1 aromatic carbocycles. The van der Waals surface area contributed by atoms with Crippen molar-refractivity contribution >= 4 is 46.3 Å². The van der Waals surface area contributed by atoms with Crippen LogP contribution < -0.4 is 0 Å². The average molecular weight is 401 g/mol. The number of carboxylic acid groups (broad SMARTS) is 1. The summed E-state index contributed by atoms with van der Waals surface area (Å²) >= 11 is 6.53. The summed E-state index contributed by atoms with van der Waals surface area (Å²) < 4.78 is 2.65. The second kappa shape index (κ2) is 8.10. The third kappa shape index (κ3) is 4.31. The van der Waals surface area contributed by atoms with E-state index in [1.807, 2.05) is 30.3 Å². The Morgan fingerprint density at radius 2 is 1.78 bits per heavy atom. The standard InChI is InChI=1S/C20H20N2O3S2/c1-13-5-6-14(2)22(13)16-9-7-15(8-10-16)12-17-19(25)21(20(26)27-17)11-3-4-18(23)24/h5-10,12H,3-4,11H2,1-2H3,(H,23,24). The molecule has 3 rings (SSSR count). The molecule has 0 aliphatic carbocycles. The highest BCUT2D eigenvalue weighted by Gasteiger charge is 2.31. The molecular formula is C20H20N2O3S2. The number of carbonyl (C=O) groups excluding carboxylic acids is 1. The lowest BCUT2D eigenvalue weighted by Crippen LogP contribution is -2.29. The molecule has 0 atom stereocenters. The number of aromatic nitrogens is 1. The van der Waals surface area contributed by atoms with Crippen molar-refractivity contribution in [2.45, 2.75) is 26.7 Å². The number of carboxylic acids is 1. The van der Waals surface area contributed by atoms with Gasteiger partial charge in [-0.15, -0.1) is 0 Å². The predicted molar refractivity (Wildman–Crippen MR) is 112 cm³/mol. The summed E-state index contributed by atoms with van der Waals surface area (Å²) in [6, 6.07) is 12.2. The van der Waals surface area contributed by atoms with Crippen LogP contribution in [0.5, 0.6) is 0 Å². The molecule has 1 aromatic heterocycles. The molecule has 1 N–H and O–H groups in total. The van der Waals surface area contributed by atoms with Gasteiger partial charge < -0.3 is 9.67 Å². The van der Waals surface area contributed by atoms with Crippen LogP contribution in [-0.4, -0.2) is 37.3 Å². The lowest BCUT2D eigenvalue weighted by molar-refractivity contribution is -0.137. The molecule has 2 aromatic rings. The molecule has 0 spiro atoms. The molecule has 0 radical (unpaired) electrons. The maximum Gasteiger partial charge on any atom is 0.303 e. The number of rotatable bonds is 6. The number of aryl methyl sites for hydroxylation is 2. The first-order valence-electron chi connectivity index (χ1n) is 8.59. The Hall–Kier alpha value is -2.38. The van der Waals surface area contributed by atoms with E-state index < -0.39 is 5.97 Å². The Morgan fingerprint density at radius 3 is 2.37 bits per heavy atom. The van der Waals surface area contributed by atoms with Gasteiger partial charge >= 0.3 is 5.97 Å². The van der Waals surface area contributed by atoms with Crippen molar-refractivity contribution < 1.29 is 14.7 Å². The van der Waals surface area contributed by atoms with Crippen molar-refractivity contribution in [2.24, 2.45) is 0 Å². The molecule has 0 bridgehead atoms. The summed E-state index contributed by atoms with van der Waals surface area (Å²) in [5.74, 6) is -1.03. The number of amides is 1. The predicted octanol–water partition coefficient (Wildman–Crippen LogP) is 4.16. The summed E-state index contributed by atoms with van der Waals surface area (Å²) in [6.07, 6.45) is 2.24. The normalized spacial score (nSPS) is 15.8. The maximum absolute atomic E-state index is 12.5. The van der Waals surface area contributed by atoms with Crippen LogP contribution in [-0.2, 0) is 9.59 Å². The highest BCUT2D eigenvalue weighted by atomic mass is 32.2. The number of hydrogen-bond donors (Lipinski definition) is 1. The van der Waals surface area contributed by atoms with Crippen LogP contribution in [0.3, 0.4) is 0 Å². The van der Waals surface area contributed by atoms with E-state index in [0.29, 0.717) is 22.2 Å². The lowest BCUT2D eigenvalue weighted by Gasteiger charge is -2.13. The molecule has 0 saturated carbocycles. The van der Waals surface area contributed by atoms with Gasteiger partial charge in [0.2, 0.25) is 0 Å². The van der Waals surface area contributed by atoms with Crippen LogP contribution in [0.2, 0.25) is 0 Å². The Labute approximate surface area is 167 Å². The van der Waals surface area contributed by atoms with Gasteiger partial charge in [0.05, 0.1) is 4.91 Å². The molecule has 1 amide bonds. The summed E-state index contributed by atoms with van der Waals surface area (Å²) in [7, 11) is 0.